The van der Waals surface area contributed by atoms with Crippen LogP contribution in [0.4, 0.5) is 5.69 Å². The Hall–Kier alpha value is -2.82. The first-order valence-corrected chi connectivity index (χ1v) is 6.38. The summed E-state index contributed by atoms with van der Waals surface area (Å²) in [6, 6.07) is 13.9. The highest BCUT2D eigenvalue weighted by Gasteiger charge is 2.08. The number of carbonyl (C=O) groups is 2. The van der Waals surface area contributed by atoms with Crippen molar-refractivity contribution in [3.05, 3.63) is 59.7 Å². The third-order valence-corrected chi connectivity index (χ3v) is 2.86. The Labute approximate surface area is 122 Å². The van der Waals surface area contributed by atoms with E-state index in [-0.39, 0.29) is 5.91 Å². The lowest BCUT2D eigenvalue weighted by atomic mass is 10.1. The fourth-order valence-corrected chi connectivity index (χ4v) is 1.81. The zero-order valence-electron chi connectivity index (χ0n) is 11.5. The molecule has 0 atom stereocenters. The van der Waals surface area contributed by atoms with Crippen molar-refractivity contribution in [2.45, 2.75) is 6.92 Å². The molecule has 0 unspecified atom stereocenters. The second kappa shape index (κ2) is 6.56. The monoisotopic (exact) mass is 285 g/mol. The van der Waals surface area contributed by atoms with E-state index in [4.69, 9.17) is 9.84 Å². The van der Waals surface area contributed by atoms with Crippen LogP contribution >= 0.6 is 0 Å². The molecule has 0 saturated heterocycles. The minimum absolute atomic E-state index is 0.188. The van der Waals surface area contributed by atoms with Crippen LogP contribution in [-0.2, 0) is 4.79 Å². The minimum Gasteiger partial charge on any atom is -0.482 e. The molecule has 2 rings (SSSR count). The number of rotatable bonds is 5. The third kappa shape index (κ3) is 4.07. The first kappa shape index (κ1) is 14.6. The topological polar surface area (TPSA) is 75.6 Å². The molecule has 0 aliphatic rings. The van der Waals surface area contributed by atoms with Gasteiger partial charge in [0.25, 0.3) is 5.91 Å². The van der Waals surface area contributed by atoms with Crippen LogP contribution in [0.15, 0.2) is 48.5 Å². The molecule has 2 aromatic carbocycles. The summed E-state index contributed by atoms with van der Waals surface area (Å²) in [4.78, 5) is 22.5. The number of aliphatic carboxylic acids is 1. The van der Waals surface area contributed by atoms with E-state index in [1.165, 1.54) is 0 Å². The fourth-order valence-electron chi connectivity index (χ4n) is 1.81. The van der Waals surface area contributed by atoms with E-state index in [9.17, 15) is 9.59 Å². The van der Waals surface area contributed by atoms with Crippen molar-refractivity contribution < 1.29 is 19.4 Å². The molecule has 2 N–H and O–H groups in total. The third-order valence-electron chi connectivity index (χ3n) is 2.86. The van der Waals surface area contributed by atoms with Gasteiger partial charge in [-0.1, -0.05) is 18.2 Å². The van der Waals surface area contributed by atoms with Gasteiger partial charge in [-0.3, -0.25) is 4.79 Å². The maximum atomic E-state index is 12.1. The summed E-state index contributed by atoms with van der Waals surface area (Å²) in [6.45, 7) is 1.48. The number of anilines is 1. The van der Waals surface area contributed by atoms with Crippen molar-refractivity contribution in [2.24, 2.45) is 0 Å². The second-order valence-corrected chi connectivity index (χ2v) is 4.48. The van der Waals surface area contributed by atoms with Crippen molar-refractivity contribution in [3.63, 3.8) is 0 Å². The number of ether oxygens (including phenoxy) is 1. The van der Waals surface area contributed by atoms with Gasteiger partial charge in [0.05, 0.1) is 0 Å². The molecule has 0 bridgehead atoms. The summed E-state index contributed by atoms with van der Waals surface area (Å²) in [5.41, 5.74) is 2.13. The Morgan fingerprint density at radius 1 is 1.10 bits per heavy atom. The van der Waals surface area contributed by atoms with Gasteiger partial charge in [0.2, 0.25) is 0 Å². The predicted molar refractivity (Wildman–Crippen MR) is 78.7 cm³/mol. The lowest BCUT2D eigenvalue weighted by Crippen LogP contribution is -2.13. The molecule has 5 nitrogen and oxygen atoms in total. The fraction of sp³-hybridized carbons (Fsp3) is 0.125. The van der Waals surface area contributed by atoms with Gasteiger partial charge in [-0.2, -0.15) is 0 Å². The molecule has 0 aliphatic carbocycles. The summed E-state index contributed by atoms with van der Waals surface area (Å²) in [6.07, 6.45) is 0. The van der Waals surface area contributed by atoms with Crippen LogP contribution in [-0.4, -0.2) is 23.6 Å². The lowest BCUT2D eigenvalue weighted by molar-refractivity contribution is -0.139. The Bertz CT molecular complexity index is 650. The molecule has 2 aromatic rings. The second-order valence-electron chi connectivity index (χ2n) is 4.48. The molecule has 0 aromatic heterocycles. The Kier molecular flexibility index (Phi) is 4.56. The quantitative estimate of drug-likeness (QED) is 0.885. The van der Waals surface area contributed by atoms with E-state index in [0.717, 1.165) is 5.56 Å². The number of carboxylic acids is 1. The number of carbonyl (C=O) groups excluding carboxylic acids is 1. The van der Waals surface area contributed by atoms with Crippen LogP contribution in [0, 0.1) is 6.92 Å². The van der Waals surface area contributed by atoms with Crippen LogP contribution in [0.3, 0.4) is 0 Å². The van der Waals surface area contributed by atoms with Crippen molar-refractivity contribution in [1.82, 2.24) is 0 Å². The molecule has 1 amide bonds. The number of amides is 1. The molecule has 0 heterocycles. The standard InChI is InChI=1S/C16H15NO4/c1-11-4-2-3-5-14(11)16(20)17-12-6-8-13(9-7-12)21-10-15(18)19/h2-9H,10H2,1H3,(H,17,20)(H,18,19). The maximum Gasteiger partial charge on any atom is 0.341 e. The van der Waals surface area contributed by atoms with Crippen LogP contribution in [0.1, 0.15) is 15.9 Å². The highest BCUT2D eigenvalue weighted by atomic mass is 16.5. The Balaban J connectivity index is 2.02. The smallest absolute Gasteiger partial charge is 0.341 e. The number of hydrogen-bond acceptors (Lipinski definition) is 3. The first-order valence-electron chi connectivity index (χ1n) is 6.38. The van der Waals surface area contributed by atoms with Crippen LogP contribution in [0.2, 0.25) is 0 Å². The van der Waals surface area contributed by atoms with Gasteiger partial charge in [0.15, 0.2) is 6.61 Å². The van der Waals surface area contributed by atoms with Crippen molar-refractivity contribution in [3.8, 4) is 5.75 Å². The SMILES string of the molecule is Cc1ccccc1C(=O)Nc1ccc(OCC(=O)O)cc1. The number of nitrogens with one attached hydrogen (secondary N) is 1. The Morgan fingerprint density at radius 2 is 1.76 bits per heavy atom. The van der Waals surface area contributed by atoms with Gasteiger partial charge >= 0.3 is 5.97 Å². The number of aryl methyl sites for hydroxylation is 1. The van der Waals surface area contributed by atoms with Crippen molar-refractivity contribution in [2.75, 3.05) is 11.9 Å². The van der Waals surface area contributed by atoms with Crippen LogP contribution < -0.4 is 10.1 Å². The van der Waals surface area contributed by atoms with Crippen molar-refractivity contribution in [1.29, 1.82) is 0 Å². The number of carboxylic acid groups (broad SMARTS) is 1. The maximum absolute atomic E-state index is 12.1. The van der Waals surface area contributed by atoms with E-state index in [1.54, 1.807) is 30.3 Å². The zero-order valence-corrected chi connectivity index (χ0v) is 11.5. The molecule has 5 heteroatoms. The average Bonchev–Trinajstić information content (AvgIpc) is 2.47. The molecule has 0 saturated carbocycles. The highest BCUT2D eigenvalue weighted by Crippen LogP contribution is 2.17. The largest absolute Gasteiger partial charge is 0.482 e. The highest BCUT2D eigenvalue weighted by molar-refractivity contribution is 6.05. The Morgan fingerprint density at radius 3 is 2.38 bits per heavy atom. The van der Waals surface area contributed by atoms with E-state index < -0.39 is 12.6 Å². The van der Waals surface area contributed by atoms with E-state index >= 15 is 0 Å². The normalized spacial score (nSPS) is 9.95. The molecule has 108 valence electrons. The predicted octanol–water partition coefficient (Wildman–Crippen LogP) is 2.71. The summed E-state index contributed by atoms with van der Waals surface area (Å²) in [7, 11) is 0. The minimum atomic E-state index is -1.04. The van der Waals surface area contributed by atoms with E-state index in [0.29, 0.717) is 17.0 Å². The van der Waals surface area contributed by atoms with Gasteiger partial charge < -0.3 is 15.2 Å². The van der Waals surface area contributed by atoms with E-state index in [2.05, 4.69) is 5.32 Å². The van der Waals surface area contributed by atoms with Gasteiger partial charge in [-0.15, -0.1) is 0 Å². The van der Waals surface area contributed by atoms with Gasteiger partial charge in [0, 0.05) is 11.3 Å². The van der Waals surface area contributed by atoms with E-state index in [1.807, 2.05) is 25.1 Å². The van der Waals surface area contributed by atoms with Gasteiger partial charge in [-0.25, -0.2) is 4.79 Å². The zero-order chi connectivity index (χ0) is 15.2. The summed E-state index contributed by atoms with van der Waals surface area (Å²) in [5, 5.41) is 11.3. The lowest BCUT2D eigenvalue weighted by Gasteiger charge is -2.08. The molecular weight excluding hydrogens is 270 g/mol. The molecule has 0 radical (unpaired) electrons. The van der Waals surface area contributed by atoms with Gasteiger partial charge in [-0.05, 0) is 42.8 Å². The van der Waals surface area contributed by atoms with Gasteiger partial charge in [0.1, 0.15) is 5.75 Å². The molecule has 0 aliphatic heterocycles. The van der Waals surface area contributed by atoms with Crippen LogP contribution in [0.25, 0.3) is 0 Å². The molecule has 21 heavy (non-hydrogen) atoms. The summed E-state index contributed by atoms with van der Waals surface area (Å²) >= 11 is 0. The summed E-state index contributed by atoms with van der Waals surface area (Å²) < 4.78 is 5.02. The summed E-state index contributed by atoms with van der Waals surface area (Å²) in [5.74, 6) is -0.787. The number of benzene rings is 2. The molecular formula is C16H15NO4. The van der Waals surface area contributed by atoms with Crippen molar-refractivity contribution >= 4 is 17.6 Å². The molecule has 0 spiro atoms. The first-order chi connectivity index (χ1) is 10.1. The van der Waals surface area contributed by atoms with Crippen LogP contribution in [0.5, 0.6) is 5.75 Å². The number of hydrogen-bond donors (Lipinski definition) is 2. The average molecular weight is 285 g/mol. The molecule has 0 fully saturated rings.